The van der Waals surface area contributed by atoms with Crippen LogP contribution in [0, 0.1) is 0 Å². The largest absolute Gasteiger partial charge is 0.496 e. The van der Waals surface area contributed by atoms with Crippen molar-refractivity contribution in [3.63, 3.8) is 0 Å². The van der Waals surface area contributed by atoms with Crippen molar-refractivity contribution in [3.8, 4) is 5.75 Å². The first kappa shape index (κ1) is 21.0. The average molecular weight is 351 g/mol. The van der Waals surface area contributed by atoms with Gasteiger partial charge in [0.25, 0.3) is 5.91 Å². The second-order valence-electron chi connectivity index (χ2n) is 5.86. The van der Waals surface area contributed by atoms with Crippen LogP contribution in [0.5, 0.6) is 5.75 Å². The van der Waals surface area contributed by atoms with Crippen molar-refractivity contribution in [1.29, 1.82) is 0 Å². The summed E-state index contributed by atoms with van der Waals surface area (Å²) in [6, 6.07) is 4.87. The van der Waals surface area contributed by atoms with Gasteiger partial charge in [-0.25, -0.2) is 4.79 Å². The first-order chi connectivity index (χ1) is 11.9. The Bertz CT molecular complexity index is 587. The molecule has 0 bridgehead atoms. The number of esters is 1. The molecule has 140 valence electrons. The molecule has 0 fully saturated rings. The van der Waals surface area contributed by atoms with Crippen molar-refractivity contribution in [1.82, 2.24) is 0 Å². The lowest BCUT2D eigenvalue weighted by Gasteiger charge is -2.28. The molecule has 1 N–H and O–H groups in total. The van der Waals surface area contributed by atoms with E-state index < -0.39 is 11.6 Å². The highest BCUT2D eigenvalue weighted by molar-refractivity contribution is 5.99. The number of benzene rings is 1. The number of unbranched alkanes of at least 4 members (excludes halogenated alkanes) is 1. The molecule has 0 heterocycles. The number of ether oxygens (including phenoxy) is 3. The fourth-order valence-electron chi connectivity index (χ4n) is 2.50. The number of nitrogens with one attached hydrogen (secondary N) is 1. The molecule has 0 saturated carbocycles. The Morgan fingerprint density at radius 3 is 2.44 bits per heavy atom. The molecule has 0 aromatic heterocycles. The average Bonchev–Trinajstić information content (AvgIpc) is 2.60. The third-order valence-corrected chi connectivity index (χ3v) is 3.90. The zero-order chi connectivity index (χ0) is 18.9. The van der Waals surface area contributed by atoms with Crippen molar-refractivity contribution in [2.45, 2.75) is 52.6 Å². The Morgan fingerprint density at radius 1 is 1.16 bits per heavy atom. The quantitative estimate of drug-likeness (QED) is 0.649. The normalized spacial score (nSPS) is 13.0. The van der Waals surface area contributed by atoms with Gasteiger partial charge < -0.3 is 19.5 Å². The zero-order valence-electron chi connectivity index (χ0n) is 15.8. The third kappa shape index (κ3) is 5.74. The molecule has 0 radical (unpaired) electrons. The molecule has 1 aromatic rings. The summed E-state index contributed by atoms with van der Waals surface area (Å²) < 4.78 is 15.9. The summed E-state index contributed by atoms with van der Waals surface area (Å²) in [7, 11) is 1.48. The molecule has 6 heteroatoms. The fourth-order valence-corrected chi connectivity index (χ4v) is 2.50. The van der Waals surface area contributed by atoms with Gasteiger partial charge in [-0.15, -0.1) is 0 Å². The van der Waals surface area contributed by atoms with Gasteiger partial charge in [0.15, 0.2) is 0 Å². The Kier molecular flexibility index (Phi) is 8.41. The summed E-state index contributed by atoms with van der Waals surface area (Å²) in [6.45, 7) is 8.17. The standard InChI is InChI=1S/C19H29NO5/c1-6-9-12-19(4,25-8-3)18(22)20-14-10-11-16(23-5)15(13-14)17(21)24-7-2/h10-11,13H,6-9,12H2,1-5H3,(H,20,22)/t19-/m1/s1. The molecule has 1 atom stereocenters. The lowest BCUT2D eigenvalue weighted by atomic mass is 9.97. The Hall–Kier alpha value is -2.08. The number of anilines is 1. The van der Waals surface area contributed by atoms with E-state index in [2.05, 4.69) is 12.2 Å². The van der Waals surface area contributed by atoms with Gasteiger partial charge in [-0.1, -0.05) is 19.8 Å². The maximum atomic E-state index is 12.7. The number of rotatable bonds is 10. The summed E-state index contributed by atoms with van der Waals surface area (Å²) >= 11 is 0. The van der Waals surface area contributed by atoms with E-state index in [1.165, 1.54) is 7.11 Å². The number of amides is 1. The van der Waals surface area contributed by atoms with Crippen LogP contribution < -0.4 is 10.1 Å². The molecule has 0 saturated heterocycles. The van der Waals surface area contributed by atoms with Crippen molar-refractivity contribution >= 4 is 17.6 Å². The van der Waals surface area contributed by atoms with Gasteiger partial charge in [-0.3, -0.25) is 4.79 Å². The van der Waals surface area contributed by atoms with E-state index >= 15 is 0 Å². The van der Waals surface area contributed by atoms with E-state index in [1.807, 2.05) is 6.92 Å². The van der Waals surface area contributed by atoms with E-state index in [-0.39, 0.29) is 18.1 Å². The molecule has 6 nitrogen and oxygen atoms in total. The first-order valence-electron chi connectivity index (χ1n) is 8.72. The smallest absolute Gasteiger partial charge is 0.341 e. The molecular weight excluding hydrogens is 322 g/mol. The van der Waals surface area contributed by atoms with Crippen LogP contribution in [0.4, 0.5) is 5.69 Å². The van der Waals surface area contributed by atoms with E-state index in [9.17, 15) is 9.59 Å². The molecular formula is C19H29NO5. The maximum Gasteiger partial charge on any atom is 0.341 e. The summed E-state index contributed by atoms with van der Waals surface area (Å²) in [5.74, 6) is -0.327. The molecule has 0 aliphatic rings. The molecule has 25 heavy (non-hydrogen) atoms. The number of carbonyl (C=O) groups is 2. The Morgan fingerprint density at radius 2 is 1.88 bits per heavy atom. The van der Waals surface area contributed by atoms with Crippen LogP contribution in [0.25, 0.3) is 0 Å². The van der Waals surface area contributed by atoms with Gasteiger partial charge in [-0.2, -0.15) is 0 Å². The van der Waals surface area contributed by atoms with E-state index in [0.717, 1.165) is 12.8 Å². The van der Waals surface area contributed by atoms with Gasteiger partial charge in [0.2, 0.25) is 0 Å². The highest BCUT2D eigenvalue weighted by atomic mass is 16.5. The van der Waals surface area contributed by atoms with Crippen LogP contribution in [0.2, 0.25) is 0 Å². The fraction of sp³-hybridized carbons (Fsp3) is 0.579. The summed E-state index contributed by atoms with van der Waals surface area (Å²) in [6.07, 6.45) is 2.50. The van der Waals surface area contributed by atoms with Crippen LogP contribution in [-0.2, 0) is 14.3 Å². The van der Waals surface area contributed by atoms with Gasteiger partial charge in [-0.05, 0) is 45.4 Å². The minimum Gasteiger partial charge on any atom is -0.496 e. The second kappa shape index (κ2) is 10.0. The molecule has 0 aliphatic heterocycles. The van der Waals surface area contributed by atoms with Crippen LogP contribution in [0.15, 0.2) is 18.2 Å². The van der Waals surface area contributed by atoms with Gasteiger partial charge in [0.1, 0.15) is 16.9 Å². The highest BCUT2D eigenvalue weighted by Crippen LogP contribution is 2.26. The van der Waals surface area contributed by atoms with Crippen LogP contribution >= 0.6 is 0 Å². The molecule has 1 amide bonds. The van der Waals surface area contributed by atoms with Crippen molar-refractivity contribution in [2.24, 2.45) is 0 Å². The summed E-state index contributed by atoms with van der Waals surface area (Å²) in [5.41, 5.74) is -0.139. The highest BCUT2D eigenvalue weighted by Gasteiger charge is 2.33. The molecule has 0 spiro atoms. The molecule has 0 unspecified atom stereocenters. The van der Waals surface area contributed by atoms with Crippen molar-refractivity contribution in [2.75, 3.05) is 25.6 Å². The van der Waals surface area contributed by atoms with Crippen molar-refractivity contribution in [3.05, 3.63) is 23.8 Å². The number of carbonyl (C=O) groups excluding carboxylic acids is 2. The first-order valence-corrected chi connectivity index (χ1v) is 8.72. The van der Waals surface area contributed by atoms with Crippen LogP contribution in [0.3, 0.4) is 0 Å². The topological polar surface area (TPSA) is 73.9 Å². The van der Waals surface area contributed by atoms with Crippen LogP contribution in [0.1, 0.15) is 57.3 Å². The predicted octanol–water partition coefficient (Wildman–Crippen LogP) is 3.80. The second-order valence-corrected chi connectivity index (χ2v) is 5.86. The van der Waals surface area contributed by atoms with E-state index in [4.69, 9.17) is 14.2 Å². The monoisotopic (exact) mass is 351 g/mol. The predicted molar refractivity (Wildman–Crippen MR) is 97.1 cm³/mol. The number of methoxy groups -OCH3 is 1. The van der Waals surface area contributed by atoms with Crippen molar-refractivity contribution < 1.29 is 23.8 Å². The Balaban J connectivity index is 3.02. The SMILES string of the molecule is CCCC[C@@](C)(OCC)C(=O)Nc1ccc(OC)c(C(=O)OCC)c1. The van der Waals surface area contributed by atoms with Crippen LogP contribution in [-0.4, -0.2) is 37.8 Å². The van der Waals surface area contributed by atoms with Gasteiger partial charge in [0, 0.05) is 12.3 Å². The molecule has 1 aromatic carbocycles. The summed E-state index contributed by atoms with van der Waals surface area (Å²) in [5, 5.41) is 2.84. The molecule has 1 rings (SSSR count). The molecule has 0 aliphatic carbocycles. The van der Waals surface area contributed by atoms with E-state index in [0.29, 0.717) is 24.5 Å². The lowest BCUT2D eigenvalue weighted by Crippen LogP contribution is -2.42. The number of hydrogen-bond acceptors (Lipinski definition) is 5. The van der Waals surface area contributed by atoms with Gasteiger partial charge in [0.05, 0.1) is 13.7 Å². The number of hydrogen-bond donors (Lipinski definition) is 1. The lowest BCUT2D eigenvalue weighted by molar-refractivity contribution is -0.139. The van der Waals surface area contributed by atoms with Gasteiger partial charge >= 0.3 is 5.97 Å². The summed E-state index contributed by atoms with van der Waals surface area (Å²) in [4.78, 5) is 24.8. The van der Waals surface area contributed by atoms with E-state index in [1.54, 1.807) is 32.0 Å². The third-order valence-electron chi connectivity index (χ3n) is 3.90. The Labute approximate surface area is 149 Å². The maximum absolute atomic E-state index is 12.7. The minimum atomic E-state index is -0.908. The minimum absolute atomic E-state index is 0.234. The zero-order valence-corrected chi connectivity index (χ0v) is 15.8.